The van der Waals surface area contributed by atoms with E-state index in [1.165, 1.54) is 6.34 Å². The maximum absolute atomic E-state index is 8.81. The van der Waals surface area contributed by atoms with Crippen LogP contribution in [0, 0.1) is 0 Å². The molecule has 4 heteroatoms. The van der Waals surface area contributed by atoms with Gasteiger partial charge in [0.05, 0.1) is 0 Å². The van der Waals surface area contributed by atoms with Crippen LogP contribution in [0.3, 0.4) is 0 Å². The SMILES string of the molecule is CNC1(C)C=CN(O)C=N1. The second-order valence-corrected chi connectivity index (χ2v) is 2.34. The maximum Gasteiger partial charge on any atom is 0.129 e. The van der Waals surface area contributed by atoms with E-state index < -0.39 is 0 Å². The highest BCUT2D eigenvalue weighted by Crippen LogP contribution is 2.09. The van der Waals surface area contributed by atoms with Crippen LogP contribution in [0.1, 0.15) is 6.92 Å². The van der Waals surface area contributed by atoms with Gasteiger partial charge < -0.3 is 0 Å². The van der Waals surface area contributed by atoms with Gasteiger partial charge in [-0.25, -0.2) is 10.1 Å². The van der Waals surface area contributed by atoms with Gasteiger partial charge in [-0.3, -0.25) is 10.5 Å². The zero-order chi connectivity index (χ0) is 7.61. The second kappa shape index (κ2) is 2.40. The van der Waals surface area contributed by atoms with E-state index >= 15 is 0 Å². The Morgan fingerprint density at radius 1 is 1.70 bits per heavy atom. The van der Waals surface area contributed by atoms with E-state index in [-0.39, 0.29) is 5.66 Å². The minimum Gasteiger partial charge on any atom is -0.293 e. The summed E-state index contributed by atoms with van der Waals surface area (Å²) in [5, 5.41) is 12.7. The third kappa shape index (κ3) is 1.34. The smallest absolute Gasteiger partial charge is 0.129 e. The van der Waals surface area contributed by atoms with E-state index in [9.17, 15) is 0 Å². The molecule has 0 bridgehead atoms. The number of nitrogens with zero attached hydrogens (tertiary/aromatic N) is 2. The van der Waals surface area contributed by atoms with Crippen LogP contribution < -0.4 is 5.32 Å². The summed E-state index contributed by atoms with van der Waals surface area (Å²) < 4.78 is 0. The number of hydroxylamine groups is 2. The van der Waals surface area contributed by atoms with Crippen molar-refractivity contribution in [2.75, 3.05) is 7.05 Å². The Labute approximate surface area is 59.8 Å². The molecule has 1 aliphatic heterocycles. The van der Waals surface area contributed by atoms with Crippen LogP contribution in [0.2, 0.25) is 0 Å². The molecule has 0 aromatic carbocycles. The Kier molecular flexibility index (Phi) is 1.74. The van der Waals surface area contributed by atoms with Gasteiger partial charge in [0.15, 0.2) is 0 Å². The number of hydrogen-bond acceptors (Lipinski definition) is 4. The van der Waals surface area contributed by atoms with Crippen LogP contribution in [0.4, 0.5) is 0 Å². The summed E-state index contributed by atoms with van der Waals surface area (Å²) in [6.45, 7) is 1.91. The Morgan fingerprint density at radius 2 is 2.40 bits per heavy atom. The highest BCUT2D eigenvalue weighted by atomic mass is 16.5. The van der Waals surface area contributed by atoms with Crippen molar-refractivity contribution in [2.24, 2.45) is 4.99 Å². The predicted molar refractivity (Wildman–Crippen MR) is 38.7 cm³/mol. The van der Waals surface area contributed by atoms with Gasteiger partial charge in [0.25, 0.3) is 0 Å². The summed E-state index contributed by atoms with van der Waals surface area (Å²) in [5.74, 6) is 0. The second-order valence-electron chi connectivity index (χ2n) is 2.34. The van der Waals surface area contributed by atoms with Crippen molar-refractivity contribution in [3.05, 3.63) is 12.3 Å². The van der Waals surface area contributed by atoms with Crippen molar-refractivity contribution in [3.8, 4) is 0 Å². The monoisotopic (exact) mass is 141 g/mol. The zero-order valence-corrected chi connectivity index (χ0v) is 6.07. The van der Waals surface area contributed by atoms with Crippen molar-refractivity contribution in [1.82, 2.24) is 10.4 Å². The van der Waals surface area contributed by atoms with Crippen LogP contribution in [0.5, 0.6) is 0 Å². The molecule has 1 aliphatic rings. The molecular formula is C6H11N3O. The molecule has 0 saturated heterocycles. The molecular weight excluding hydrogens is 130 g/mol. The Bertz CT molecular complexity index is 162. The van der Waals surface area contributed by atoms with Gasteiger partial charge in [0.1, 0.15) is 12.0 Å². The standard InChI is InChI=1S/C6H11N3O/c1-6(7-2)3-4-9(10)5-8-6/h3-5,7,10H,1-2H3. The summed E-state index contributed by atoms with van der Waals surface area (Å²) in [7, 11) is 1.81. The molecule has 0 saturated carbocycles. The molecule has 0 spiro atoms. The molecule has 1 unspecified atom stereocenters. The lowest BCUT2D eigenvalue weighted by molar-refractivity contribution is 0.0394. The fourth-order valence-corrected chi connectivity index (χ4v) is 0.630. The molecule has 1 rings (SSSR count). The number of aliphatic imine (C=N–C) groups is 1. The topological polar surface area (TPSA) is 47.9 Å². The lowest BCUT2D eigenvalue weighted by atomic mass is 10.2. The largest absolute Gasteiger partial charge is 0.293 e. The van der Waals surface area contributed by atoms with E-state index in [0.29, 0.717) is 0 Å². The molecule has 0 aromatic rings. The molecule has 0 aliphatic carbocycles. The van der Waals surface area contributed by atoms with Gasteiger partial charge in [-0.2, -0.15) is 0 Å². The fourth-order valence-electron chi connectivity index (χ4n) is 0.630. The molecule has 10 heavy (non-hydrogen) atoms. The number of nitrogens with one attached hydrogen (secondary N) is 1. The van der Waals surface area contributed by atoms with Gasteiger partial charge in [0, 0.05) is 6.20 Å². The van der Waals surface area contributed by atoms with Crippen LogP contribution in [-0.4, -0.2) is 29.3 Å². The van der Waals surface area contributed by atoms with Gasteiger partial charge in [-0.15, -0.1) is 0 Å². The van der Waals surface area contributed by atoms with E-state index in [0.717, 1.165) is 5.06 Å². The molecule has 1 atom stereocenters. The minimum atomic E-state index is -0.362. The molecule has 2 N–H and O–H groups in total. The van der Waals surface area contributed by atoms with E-state index in [4.69, 9.17) is 5.21 Å². The van der Waals surface area contributed by atoms with E-state index in [1.54, 1.807) is 12.3 Å². The first-order valence-electron chi connectivity index (χ1n) is 3.07. The highest BCUT2D eigenvalue weighted by Gasteiger charge is 2.18. The average molecular weight is 141 g/mol. The summed E-state index contributed by atoms with van der Waals surface area (Å²) in [6, 6.07) is 0. The van der Waals surface area contributed by atoms with Crippen molar-refractivity contribution in [3.63, 3.8) is 0 Å². The molecule has 0 fully saturated rings. The zero-order valence-electron chi connectivity index (χ0n) is 6.07. The van der Waals surface area contributed by atoms with Crippen molar-refractivity contribution >= 4 is 6.34 Å². The lowest BCUT2D eigenvalue weighted by Gasteiger charge is -2.24. The lowest BCUT2D eigenvalue weighted by Crippen LogP contribution is -2.38. The fraction of sp³-hybridized carbons (Fsp3) is 0.500. The maximum atomic E-state index is 8.81. The number of rotatable bonds is 1. The first kappa shape index (κ1) is 7.24. The summed E-state index contributed by atoms with van der Waals surface area (Å²) >= 11 is 0. The first-order chi connectivity index (χ1) is 4.66. The normalized spacial score (nSPS) is 31.3. The van der Waals surface area contributed by atoms with Gasteiger partial charge in [-0.1, -0.05) is 0 Å². The molecule has 1 heterocycles. The minimum absolute atomic E-state index is 0.362. The van der Waals surface area contributed by atoms with Crippen molar-refractivity contribution < 1.29 is 5.21 Å². The predicted octanol–water partition coefficient (Wildman–Crippen LogP) is 0.169. The molecule has 56 valence electrons. The Hall–Kier alpha value is -0.870. The summed E-state index contributed by atoms with van der Waals surface area (Å²) in [5.41, 5.74) is -0.362. The van der Waals surface area contributed by atoms with E-state index in [2.05, 4.69) is 10.3 Å². The van der Waals surface area contributed by atoms with Crippen molar-refractivity contribution in [1.29, 1.82) is 0 Å². The average Bonchev–Trinajstić information content (AvgIpc) is 1.96. The van der Waals surface area contributed by atoms with Gasteiger partial charge in [-0.05, 0) is 20.0 Å². The van der Waals surface area contributed by atoms with Crippen LogP contribution >= 0.6 is 0 Å². The number of hydrogen-bond donors (Lipinski definition) is 2. The highest BCUT2D eigenvalue weighted by molar-refractivity contribution is 5.57. The molecule has 4 nitrogen and oxygen atoms in total. The summed E-state index contributed by atoms with van der Waals surface area (Å²) in [6.07, 6.45) is 4.67. The van der Waals surface area contributed by atoms with Crippen molar-refractivity contribution in [2.45, 2.75) is 12.6 Å². The van der Waals surface area contributed by atoms with Crippen LogP contribution in [0.15, 0.2) is 17.3 Å². The molecule has 0 aromatic heterocycles. The summed E-state index contributed by atoms with van der Waals surface area (Å²) in [4.78, 5) is 4.01. The first-order valence-corrected chi connectivity index (χ1v) is 3.07. The van der Waals surface area contributed by atoms with Gasteiger partial charge >= 0.3 is 0 Å². The third-order valence-electron chi connectivity index (χ3n) is 1.50. The van der Waals surface area contributed by atoms with Crippen LogP contribution in [-0.2, 0) is 0 Å². The quantitative estimate of drug-likeness (QED) is 0.547. The van der Waals surface area contributed by atoms with Gasteiger partial charge in [0.2, 0.25) is 0 Å². The number of likely N-dealkylation sites (N-methyl/N-ethyl adjacent to an activating group) is 1. The Morgan fingerprint density at radius 3 is 2.80 bits per heavy atom. The van der Waals surface area contributed by atoms with Crippen LogP contribution in [0.25, 0.3) is 0 Å². The third-order valence-corrected chi connectivity index (χ3v) is 1.50. The molecule has 0 amide bonds. The Balaban J connectivity index is 2.69. The van der Waals surface area contributed by atoms with E-state index in [1.807, 2.05) is 14.0 Å². The molecule has 0 radical (unpaired) electrons.